The van der Waals surface area contributed by atoms with Crippen molar-refractivity contribution in [3.8, 4) is 0 Å². The summed E-state index contributed by atoms with van der Waals surface area (Å²) in [7, 11) is 0. The number of halogens is 1. The van der Waals surface area contributed by atoms with E-state index in [0.29, 0.717) is 24.4 Å². The molecule has 2 rings (SSSR count). The highest BCUT2D eigenvalue weighted by Crippen LogP contribution is 2.26. The van der Waals surface area contributed by atoms with Crippen LogP contribution in [0.1, 0.15) is 52.0 Å². The van der Waals surface area contributed by atoms with E-state index in [0.717, 1.165) is 31.2 Å². The highest BCUT2D eigenvalue weighted by molar-refractivity contribution is 7.98. The summed E-state index contributed by atoms with van der Waals surface area (Å²) < 4.78 is 19.2. The quantitative estimate of drug-likeness (QED) is 0.695. The molecule has 1 aromatic rings. The summed E-state index contributed by atoms with van der Waals surface area (Å²) in [5, 5.41) is 10.5. The van der Waals surface area contributed by atoms with Crippen molar-refractivity contribution >= 4 is 17.9 Å². The summed E-state index contributed by atoms with van der Waals surface area (Å²) in [5.74, 6) is 0.0364. The van der Waals surface area contributed by atoms with Gasteiger partial charge in [-0.2, -0.15) is 0 Å². The Balaban J connectivity index is 1.72. The van der Waals surface area contributed by atoms with Crippen LogP contribution >= 0.6 is 11.8 Å². The largest absolute Gasteiger partial charge is 0.444 e. The molecule has 1 fully saturated rings. The molecule has 1 aromatic carbocycles. The molecule has 1 amide bonds. The zero-order valence-electron chi connectivity index (χ0n) is 16.8. The SMILES string of the molecule is CSc1ccc(CCCC(O)C2CCN(C(=O)OC(C)(C)C)CC2)cc1F. The lowest BCUT2D eigenvalue weighted by atomic mass is 9.88. The average molecular weight is 398 g/mol. The molecule has 152 valence electrons. The number of nitrogens with zero attached hydrogens (tertiary/aromatic N) is 1. The minimum atomic E-state index is -0.485. The number of likely N-dealkylation sites (tertiary alicyclic amines) is 1. The summed E-state index contributed by atoms with van der Waals surface area (Å²) in [5.41, 5.74) is 0.484. The predicted molar refractivity (Wildman–Crippen MR) is 108 cm³/mol. The van der Waals surface area contributed by atoms with Crippen LogP contribution < -0.4 is 0 Å². The van der Waals surface area contributed by atoms with Gasteiger partial charge in [0.2, 0.25) is 0 Å². The molecule has 1 unspecified atom stereocenters. The number of hydrogen-bond acceptors (Lipinski definition) is 4. The second-order valence-electron chi connectivity index (χ2n) is 8.23. The second kappa shape index (κ2) is 9.78. The standard InChI is InChI=1S/C21H32FNO3S/c1-21(2,3)26-20(25)23-12-10-16(11-13-23)18(24)7-5-6-15-8-9-19(27-4)17(22)14-15/h8-9,14,16,18,24H,5-7,10-13H2,1-4H3. The minimum Gasteiger partial charge on any atom is -0.444 e. The van der Waals surface area contributed by atoms with E-state index in [4.69, 9.17) is 4.74 Å². The maximum absolute atomic E-state index is 13.8. The molecule has 1 aliphatic rings. The Labute approximate surface area is 166 Å². The molecule has 0 bridgehead atoms. The lowest BCUT2D eigenvalue weighted by Crippen LogP contribution is -2.43. The van der Waals surface area contributed by atoms with E-state index in [2.05, 4.69) is 0 Å². The van der Waals surface area contributed by atoms with Gasteiger partial charge in [-0.05, 0) is 82.7 Å². The normalized spacial score (nSPS) is 17.0. The molecule has 4 nitrogen and oxygen atoms in total. The molecule has 0 aromatic heterocycles. The van der Waals surface area contributed by atoms with Crippen molar-refractivity contribution in [2.24, 2.45) is 5.92 Å². The number of aryl methyl sites for hydroxylation is 1. The molecule has 1 aliphatic heterocycles. The fraction of sp³-hybridized carbons (Fsp3) is 0.667. The first kappa shape index (κ1) is 22.0. The number of benzene rings is 1. The van der Waals surface area contributed by atoms with Gasteiger partial charge in [0.25, 0.3) is 0 Å². The van der Waals surface area contributed by atoms with E-state index in [1.54, 1.807) is 11.0 Å². The fourth-order valence-electron chi connectivity index (χ4n) is 3.41. The topological polar surface area (TPSA) is 49.8 Å². The predicted octanol–water partition coefficient (Wildman–Crippen LogP) is 4.88. The zero-order valence-corrected chi connectivity index (χ0v) is 17.7. The van der Waals surface area contributed by atoms with Crippen LogP contribution in [0.2, 0.25) is 0 Å². The highest BCUT2D eigenvalue weighted by atomic mass is 32.2. The zero-order chi connectivity index (χ0) is 20.0. The highest BCUT2D eigenvalue weighted by Gasteiger charge is 2.29. The van der Waals surface area contributed by atoms with Gasteiger partial charge >= 0.3 is 6.09 Å². The van der Waals surface area contributed by atoms with Crippen LogP contribution in [-0.2, 0) is 11.2 Å². The molecule has 1 saturated heterocycles. The number of aliphatic hydroxyl groups is 1. The molecule has 27 heavy (non-hydrogen) atoms. The number of piperidine rings is 1. The molecular formula is C21H32FNO3S. The van der Waals surface area contributed by atoms with Gasteiger partial charge in [0.05, 0.1) is 6.10 Å². The lowest BCUT2D eigenvalue weighted by Gasteiger charge is -2.35. The molecule has 0 aliphatic carbocycles. The van der Waals surface area contributed by atoms with E-state index in [-0.39, 0.29) is 23.9 Å². The van der Waals surface area contributed by atoms with Crippen LogP contribution in [0.15, 0.2) is 23.1 Å². The Morgan fingerprint density at radius 3 is 2.59 bits per heavy atom. The van der Waals surface area contributed by atoms with Crippen molar-refractivity contribution in [2.45, 2.75) is 69.5 Å². The summed E-state index contributed by atoms with van der Waals surface area (Å²) in [6, 6.07) is 5.37. The first-order chi connectivity index (χ1) is 12.7. The maximum Gasteiger partial charge on any atom is 0.410 e. The first-order valence-corrected chi connectivity index (χ1v) is 10.9. The minimum absolute atomic E-state index is 0.171. The number of aliphatic hydroxyl groups excluding tert-OH is 1. The van der Waals surface area contributed by atoms with Gasteiger partial charge in [0.15, 0.2) is 0 Å². The fourth-order valence-corrected chi connectivity index (χ4v) is 3.87. The van der Waals surface area contributed by atoms with Crippen molar-refractivity contribution in [1.29, 1.82) is 0 Å². The van der Waals surface area contributed by atoms with Crippen molar-refractivity contribution in [2.75, 3.05) is 19.3 Å². The summed E-state index contributed by atoms with van der Waals surface area (Å²) in [6.07, 6.45) is 5.08. The number of hydrogen-bond donors (Lipinski definition) is 1. The first-order valence-electron chi connectivity index (χ1n) is 9.68. The molecule has 6 heteroatoms. The summed E-state index contributed by atoms with van der Waals surface area (Å²) in [6.45, 7) is 6.84. The van der Waals surface area contributed by atoms with Crippen molar-refractivity contribution in [1.82, 2.24) is 4.90 Å². The van der Waals surface area contributed by atoms with E-state index < -0.39 is 5.60 Å². The van der Waals surface area contributed by atoms with Crippen molar-refractivity contribution in [3.63, 3.8) is 0 Å². The van der Waals surface area contributed by atoms with Crippen LogP contribution in [-0.4, -0.2) is 47.1 Å². The number of ether oxygens (including phenoxy) is 1. The molecular weight excluding hydrogens is 365 g/mol. The Morgan fingerprint density at radius 2 is 2.04 bits per heavy atom. The van der Waals surface area contributed by atoms with Gasteiger partial charge in [0, 0.05) is 18.0 Å². The Bertz CT molecular complexity index is 624. The third kappa shape index (κ3) is 7.00. The van der Waals surface area contributed by atoms with Crippen LogP contribution in [0.4, 0.5) is 9.18 Å². The van der Waals surface area contributed by atoms with Gasteiger partial charge < -0.3 is 14.7 Å². The van der Waals surface area contributed by atoms with Gasteiger partial charge in [-0.1, -0.05) is 6.07 Å². The number of rotatable bonds is 6. The van der Waals surface area contributed by atoms with Gasteiger partial charge in [-0.3, -0.25) is 0 Å². The molecule has 0 spiro atoms. The average Bonchev–Trinajstić information content (AvgIpc) is 2.60. The van der Waals surface area contributed by atoms with E-state index >= 15 is 0 Å². The molecule has 1 heterocycles. The molecule has 0 saturated carbocycles. The van der Waals surface area contributed by atoms with E-state index in [1.807, 2.05) is 39.2 Å². The third-order valence-electron chi connectivity index (χ3n) is 4.92. The van der Waals surface area contributed by atoms with Crippen molar-refractivity contribution < 1.29 is 19.0 Å². The van der Waals surface area contributed by atoms with Crippen LogP contribution in [0.25, 0.3) is 0 Å². The lowest BCUT2D eigenvalue weighted by molar-refractivity contribution is 0.00665. The van der Waals surface area contributed by atoms with Crippen LogP contribution in [0.3, 0.4) is 0 Å². The van der Waals surface area contributed by atoms with Crippen molar-refractivity contribution in [3.05, 3.63) is 29.6 Å². The van der Waals surface area contributed by atoms with Crippen LogP contribution in [0, 0.1) is 11.7 Å². The summed E-state index contributed by atoms with van der Waals surface area (Å²) >= 11 is 1.40. The molecule has 1 N–H and O–H groups in total. The van der Waals surface area contributed by atoms with Gasteiger partial charge in [-0.25, -0.2) is 9.18 Å². The number of thioether (sulfide) groups is 1. The maximum atomic E-state index is 13.8. The third-order valence-corrected chi connectivity index (χ3v) is 5.69. The number of carbonyl (C=O) groups is 1. The summed E-state index contributed by atoms with van der Waals surface area (Å²) in [4.78, 5) is 14.5. The monoisotopic (exact) mass is 397 g/mol. The van der Waals surface area contributed by atoms with E-state index in [1.165, 1.54) is 11.8 Å². The Kier molecular flexibility index (Phi) is 7.98. The van der Waals surface area contributed by atoms with E-state index in [9.17, 15) is 14.3 Å². The second-order valence-corrected chi connectivity index (χ2v) is 9.08. The van der Waals surface area contributed by atoms with Gasteiger partial charge in [-0.15, -0.1) is 11.8 Å². The molecule has 0 radical (unpaired) electrons. The van der Waals surface area contributed by atoms with Gasteiger partial charge in [0.1, 0.15) is 11.4 Å². The number of amides is 1. The number of carbonyl (C=O) groups excluding carboxylic acids is 1. The molecule has 1 atom stereocenters. The van der Waals surface area contributed by atoms with Crippen LogP contribution in [0.5, 0.6) is 0 Å². The smallest absolute Gasteiger partial charge is 0.410 e. The Morgan fingerprint density at radius 1 is 1.37 bits per heavy atom. The Hall–Kier alpha value is -1.27.